The van der Waals surface area contributed by atoms with Crippen LogP contribution >= 0.6 is 27.7 Å². The second kappa shape index (κ2) is 6.33. The first-order valence-electron chi connectivity index (χ1n) is 4.73. The second-order valence-electron chi connectivity index (χ2n) is 3.14. The van der Waals surface area contributed by atoms with E-state index in [0.717, 1.165) is 0 Å². The summed E-state index contributed by atoms with van der Waals surface area (Å²) in [6, 6.07) is 4.61. The van der Waals surface area contributed by atoms with E-state index in [0.29, 0.717) is 10.2 Å². The molecular weight excluding hydrogens is 335 g/mol. The lowest BCUT2D eigenvalue weighted by Gasteiger charge is -2.08. The van der Waals surface area contributed by atoms with Crippen molar-refractivity contribution in [1.82, 2.24) is 0 Å². The second-order valence-corrected chi connectivity index (χ2v) is 5.09. The van der Waals surface area contributed by atoms with Gasteiger partial charge in [0.05, 0.1) is 10.0 Å². The third-order valence-corrected chi connectivity index (χ3v) is 3.41. The molecule has 0 heterocycles. The molecule has 0 atom stereocenters. The van der Waals surface area contributed by atoms with Gasteiger partial charge in [-0.2, -0.15) is 13.2 Å². The van der Waals surface area contributed by atoms with E-state index in [1.54, 1.807) is 12.1 Å². The van der Waals surface area contributed by atoms with Gasteiger partial charge in [-0.05, 0) is 39.8 Å². The van der Waals surface area contributed by atoms with Crippen LogP contribution in [0.25, 0.3) is 0 Å². The lowest BCUT2D eigenvalue weighted by molar-refractivity contribution is -0.0331. The van der Waals surface area contributed by atoms with Crippen LogP contribution in [0.4, 0.5) is 18.9 Å². The molecule has 100 valence electrons. The van der Waals surface area contributed by atoms with Gasteiger partial charge in [-0.3, -0.25) is 0 Å². The first-order valence-corrected chi connectivity index (χ1v) is 6.51. The molecule has 0 amide bonds. The van der Waals surface area contributed by atoms with Gasteiger partial charge in [-0.1, -0.05) is 6.07 Å². The Kier molecular flexibility index (Phi) is 5.33. The summed E-state index contributed by atoms with van der Waals surface area (Å²) in [5, 5.41) is 0. The van der Waals surface area contributed by atoms with Crippen molar-refractivity contribution in [2.75, 3.05) is 18.1 Å². The van der Waals surface area contributed by atoms with Crippen LogP contribution < -0.4 is 5.73 Å². The van der Waals surface area contributed by atoms with E-state index < -0.39 is 11.5 Å². The molecule has 0 radical (unpaired) electrons. The Bertz CT molecular complexity index is 440. The monoisotopic (exact) mass is 343 g/mol. The van der Waals surface area contributed by atoms with Gasteiger partial charge in [0.15, 0.2) is 0 Å². The summed E-state index contributed by atoms with van der Waals surface area (Å²) in [6.07, 6.45) is 0. The maximum Gasteiger partial charge on any atom is 0.441 e. The summed E-state index contributed by atoms with van der Waals surface area (Å²) in [4.78, 5) is 11.5. The number of nitrogen functional groups attached to an aromatic ring is 1. The highest BCUT2D eigenvalue weighted by Gasteiger charge is 2.27. The molecule has 3 nitrogen and oxygen atoms in total. The van der Waals surface area contributed by atoms with Gasteiger partial charge in [-0.15, -0.1) is 0 Å². The number of thioether (sulfide) groups is 1. The molecule has 0 fully saturated rings. The maximum absolute atomic E-state index is 11.8. The quantitative estimate of drug-likeness (QED) is 0.517. The first kappa shape index (κ1) is 15.2. The number of hydrogen-bond acceptors (Lipinski definition) is 4. The van der Waals surface area contributed by atoms with Crippen molar-refractivity contribution in [3.05, 3.63) is 28.2 Å². The Morgan fingerprint density at radius 2 is 2.11 bits per heavy atom. The van der Waals surface area contributed by atoms with Crippen LogP contribution in [0.3, 0.4) is 0 Å². The van der Waals surface area contributed by atoms with Gasteiger partial charge < -0.3 is 10.5 Å². The average molecular weight is 344 g/mol. The van der Waals surface area contributed by atoms with Crippen molar-refractivity contribution >= 4 is 39.3 Å². The van der Waals surface area contributed by atoms with Crippen molar-refractivity contribution in [2.24, 2.45) is 0 Å². The number of ether oxygens (including phenoxy) is 1. The van der Waals surface area contributed by atoms with Gasteiger partial charge in [0.25, 0.3) is 0 Å². The smallest absolute Gasteiger partial charge is 0.441 e. The Morgan fingerprint density at radius 3 is 2.72 bits per heavy atom. The number of benzene rings is 1. The number of anilines is 1. The molecule has 0 aliphatic rings. The average Bonchev–Trinajstić information content (AvgIpc) is 2.26. The number of halogens is 4. The number of carbonyl (C=O) groups excluding carboxylic acids is 1. The van der Waals surface area contributed by atoms with E-state index >= 15 is 0 Å². The molecule has 8 heteroatoms. The minimum absolute atomic E-state index is 0.187. The minimum Gasteiger partial charge on any atom is -0.461 e. The zero-order chi connectivity index (χ0) is 13.8. The molecule has 0 unspecified atom stereocenters. The van der Waals surface area contributed by atoms with Crippen LogP contribution in [0, 0.1) is 0 Å². The number of carbonyl (C=O) groups is 1. The number of alkyl halides is 3. The summed E-state index contributed by atoms with van der Waals surface area (Å²) in [6.45, 7) is -0.315. The lowest BCUT2D eigenvalue weighted by atomic mass is 10.2. The van der Waals surface area contributed by atoms with Crippen LogP contribution in [-0.4, -0.2) is 23.8 Å². The largest absolute Gasteiger partial charge is 0.461 e. The van der Waals surface area contributed by atoms with Crippen LogP contribution in [0.15, 0.2) is 22.7 Å². The third kappa shape index (κ3) is 4.77. The zero-order valence-corrected chi connectivity index (χ0v) is 11.4. The highest BCUT2D eigenvalue weighted by molar-refractivity contribution is 9.10. The molecule has 0 saturated carbocycles. The molecule has 0 bridgehead atoms. The highest BCUT2D eigenvalue weighted by atomic mass is 79.9. The highest BCUT2D eigenvalue weighted by Crippen LogP contribution is 2.30. The van der Waals surface area contributed by atoms with Crippen molar-refractivity contribution in [1.29, 1.82) is 0 Å². The number of nitrogens with two attached hydrogens (primary N) is 1. The molecule has 1 aromatic carbocycles. The number of hydrogen-bond donors (Lipinski definition) is 1. The topological polar surface area (TPSA) is 52.3 Å². The summed E-state index contributed by atoms with van der Waals surface area (Å²) >= 11 is 2.87. The van der Waals surface area contributed by atoms with Crippen LogP contribution in [0.5, 0.6) is 0 Å². The maximum atomic E-state index is 11.8. The minimum atomic E-state index is -4.32. The predicted molar refractivity (Wildman–Crippen MR) is 67.3 cm³/mol. The van der Waals surface area contributed by atoms with Crippen LogP contribution in [0.2, 0.25) is 0 Å². The summed E-state index contributed by atoms with van der Waals surface area (Å²) in [5.41, 5.74) is 1.79. The molecule has 0 aliphatic heterocycles. The Balaban J connectivity index is 2.49. The first-order chi connectivity index (χ1) is 8.31. The van der Waals surface area contributed by atoms with Crippen molar-refractivity contribution in [3.8, 4) is 0 Å². The predicted octanol–water partition coefficient (Wildman–Crippen LogP) is 3.44. The Morgan fingerprint density at radius 1 is 1.44 bits per heavy atom. The molecule has 0 aliphatic carbocycles. The van der Waals surface area contributed by atoms with Crippen molar-refractivity contribution in [3.63, 3.8) is 0 Å². The van der Waals surface area contributed by atoms with E-state index in [1.165, 1.54) is 6.07 Å². The van der Waals surface area contributed by atoms with E-state index in [-0.39, 0.29) is 29.7 Å². The number of esters is 1. The van der Waals surface area contributed by atoms with Crippen LogP contribution in [0.1, 0.15) is 10.4 Å². The fourth-order valence-electron chi connectivity index (χ4n) is 1.08. The van der Waals surface area contributed by atoms with Gasteiger partial charge in [-0.25, -0.2) is 4.79 Å². The summed E-state index contributed by atoms with van der Waals surface area (Å²) in [7, 11) is 0. The molecule has 1 rings (SSSR count). The third-order valence-electron chi connectivity index (χ3n) is 1.83. The molecule has 1 aromatic rings. The normalized spacial score (nSPS) is 11.3. The van der Waals surface area contributed by atoms with Gasteiger partial charge >= 0.3 is 11.5 Å². The van der Waals surface area contributed by atoms with Gasteiger partial charge in [0.1, 0.15) is 6.61 Å². The Labute approximate surface area is 114 Å². The molecule has 0 saturated heterocycles. The van der Waals surface area contributed by atoms with E-state index in [4.69, 9.17) is 10.5 Å². The summed E-state index contributed by atoms with van der Waals surface area (Å²) in [5.74, 6) is -1.05. The molecular formula is C10H9BrF3NO2S. The lowest BCUT2D eigenvalue weighted by Crippen LogP contribution is -2.11. The van der Waals surface area contributed by atoms with E-state index in [9.17, 15) is 18.0 Å². The molecule has 0 spiro atoms. The molecule has 18 heavy (non-hydrogen) atoms. The molecule has 0 aromatic heterocycles. The fraction of sp³-hybridized carbons (Fsp3) is 0.300. The summed E-state index contributed by atoms with van der Waals surface area (Å²) < 4.78 is 40.5. The zero-order valence-electron chi connectivity index (χ0n) is 8.96. The van der Waals surface area contributed by atoms with Gasteiger partial charge in [0.2, 0.25) is 0 Å². The SMILES string of the molecule is Nc1cccc(C(=O)OCCSC(F)(F)F)c1Br. The van der Waals surface area contributed by atoms with E-state index in [2.05, 4.69) is 15.9 Å². The van der Waals surface area contributed by atoms with Crippen LogP contribution in [-0.2, 0) is 4.74 Å². The number of rotatable bonds is 4. The van der Waals surface area contributed by atoms with E-state index in [1.807, 2.05) is 0 Å². The van der Waals surface area contributed by atoms with Crippen molar-refractivity contribution < 1.29 is 22.7 Å². The van der Waals surface area contributed by atoms with Gasteiger partial charge in [0, 0.05) is 11.4 Å². The molecule has 2 N–H and O–H groups in total. The van der Waals surface area contributed by atoms with Crippen molar-refractivity contribution in [2.45, 2.75) is 5.51 Å². The Hall–Kier alpha value is -0.890. The standard InChI is InChI=1S/C10H9BrF3NO2S/c11-8-6(2-1-3-7(8)15)9(16)17-4-5-18-10(12,13)14/h1-3H,4-5,15H2. The fourth-order valence-corrected chi connectivity index (χ4v) is 1.90.